The van der Waals surface area contributed by atoms with Crippen LogP contribution in [-0.4, -0.2) is 26.3 Å². The van der Waals surface area contributed by atoms with Gasteiger partial charge in [-0.1, -0.05) is 53.7 Å². The summed E-state index contributed by atoms with van der Waals surface area (Å²) >= 11 is 1.67. The number of hydrogen-bond acceptors (Lipinski definition) is 4. The molecule has 4 saturated carbocycles. The SMILES string of the molecule is Cc1ccc(-n2c(CNC(=O)NC34CC5CC(CC(C5)C3)C4)nnc2SCc2ccccc2C)cc1. The van der Waals surface area contributed by atoms with E-state index in [1.807, 2.05) is 0 Å². The second-order valence-corrected chi connectivity index (χ2v) is 12.2. The Labute approximate surface area is 217 Å². The van der Waals surface area contributed by atoms with Crippen LogP contribution in [0.5, 0.6) is 0 Å². The Morgan fingerprint density at radius 1 is 0.972 bits per heavy atom. The summed E-state index contributed by atoms with van der Waals surface area (Å²) in [5, 5.41) is 16.4. The van der Waals surface area contributed by atoms with Crippen LogP contribution in [0.2, 0.25) is 0 Å². The van der Waals surface area contributed by atoms with Crippen molar-refractivity contribution >= 4 is 17.8 Å². The topological polar surface area (TPSA) is 71.8 Å². The zero-order valence-electron chi connectivity index (χ0n) is 21.2. The van der Waals surface area contributed by atoms with Gasteiger partial charge in [0.2, 0.25) is 0 Å². The zero-order valence-corrected chi connectivity index (χ0v) is 22.0. The molecule has 0 saturated heterocycles. The van der Waals surface area contributed by atoms with E-state index in [4.69, 9.17) is 0 Å². The van der Waals surface area contributed by atoms with Gasteiger partial charge >= 0.3 is 6.03 Å². The van der Waals surface area contributed by atoms with Crippen LogP contribution in [0.3, 0.4) is 0 Å². The molecular formula is C29H35N5OS. The number of nitrogens with one attached hydrogen (secondary N) is 2. The smallest absolute Gasteiger partial charge is 0.315 e. The molecule has 2 N–H and O–H groups in total. The van der Waals surface area contributed by atoms with Gasteiger partial charge in [0, 0.05) is 17.0 Å². The molecule has 4 aliphatic carbocycles. The van der Waals surface area contributed by atoms with Crippen molar-refractivity contribution in [2.75, 3.05) is 0 Å². The first kappa shape index (κ1) is 23.6. The van der Waals surface area contributed by atoms with Crippen LogP contribution < -0.4 is 10.6 Å². The van der Waals surface area contributed by atoms with E-state index >= 15 is 0 Å². The number of aryl methyl sites for hydroxylation is 2. The molecule has 188 valence electrons. The second kappa shape index (κ2) is 9.58. The molecule has 1 aromatic heterocycles. The van der Waals surface area contributed by atoms with Crippen LogP contribution in [0.1, 0.15) is 61.0 Å². The minimum Gasteiger partial charge on any atom is -0.333 e. The van der Waals surface area contributed by atoms with Gasteiger partial charge in [0.05, 0.1) is 6.54 Å². The Morgan fingerprint density at radius 3 is 2.31 bits per heavy atom. The largest absolute Gasteiger partial charge is 0.333 e. The van der Waals surface area contributed by atoms with E-state index in [9.17, 15) is 4.79 Å². The Hall–Kier alpha value is -2.80. The van der Waals surface area contributed by atoms with Crippen LogP contribution in [0.15, 0.2) is 53.7 Å². The van der Waals surface area contributed by atoms with E-state index in [1.54, 1.807) is 11.8 Å². The van der Waals surface area contributed by atoms with E-state index in [2.05, 4.69) is 87.8 Å². The lowest BCUT2D eigenvalue weighted by molar-refractivity contribution is -0.0135. The van der Waals surface area contributed by atoms with Crippen LogP contribution in [-0.2, 0) is 12.3 Å². The number of urea groups is 1. The fourth-order valence-corrected chi connectivity index (χ4v) is 8.13. The molecule has 7 heteroatoms. The van der Waals surface area contributed by atoms with Gasteiger partial charge in [-0.05, 0) is 93.4 Å². The first-order valence-corrected chi connectivity index (χ1v) is 14.2. The molecule has 0 unspecified atom stereocenters. The van der Waals surface area contributed by atoms with Crippen molar-refractivity contribution < 1.29 is 4.79 Å². The molecule has 36 heavy (non-hydrogen) atoms. The number of carbonyl (C=O) groups excluding carboxylic acids is 1. The van der Waals surface area contributed by atoms with Gasteiger partial charge in [0.1, 0.15) is 0 Å². The molecule has 0 radical (unpaired) electrons. The summed E-state index contributed by atoms with van der Waals surface area (Å²) < 4.78 is 2.08. The fourth-order valence-electron chi connectivity index (χ4n) is 7.08. The van der Waals surface area contributed by atoms with Gasteiger partial charge in [-0.25, -0.2) is 4.79 Å². The number of thioether (sulfide) groups is 1. The van der Waals surface area contributed by atoms with Crippen molar-refractivity contribution in [2.45, 2.75) is 75.4 Å². The van der Waals surface area contributed by atoms with Crippen LogP contribution in [0, 0.1) is 31.6 Å². The first-order valence-electron chi connectivity index (χ1n) is 13.2. The molecule has 6 nitrogen and oxygen atoms in total. The summed E-state index contributed by atoms with van der Waals surface area (Å²) in [6.45, 7) is 4.56. The highest BCUT2D eigenvalue weighted by molar-refractivity contribution is 7.98. The second-order valence-electron chi connectivity index (χ2n) is 11.3. The number of carbonyl (C=O) groups is 1. The maximum absolute atomic E-state index is 13.1. The van der Waals surface area contributed by atoms with Crippen LogP contribution in [0.25, 0.3) is 5.69 Å². The molecule has 0 aliphatic heterocycles. The minimum atomic E-state index is -0.0791. The predicted molar refractivity (Wildman–Crippen MR) is 143 cm³/mol. The molecule has 7 rings (SSSR count). The molecule has 2 amide bonds. The first-order chi connectivity index (χ1) is 17.5. The van der Waals surface area contributed by atoms with Gasteiger partial charge in [0.25, 0.3) is 0 Å². The third-order valence-corrected chi connectivity index (χ3v) is 9.41. The molecule has 2 aromatic carbocycles. The number of rotatable bonds is 7. The van der Waals surface area contributed by atoms with E-state index in [0.29, 0.717) is 6.54 Å². The normalized spacial score (nSPS) is 26.2. The van der Waals surface area contributed by atoms with Crippen molar-refractivity contribution in [3.8, 4) is 5.69 Å². The number of amides is 2. The fraction of sp³-hybridized carbons (Fsp3) is 0.483. The lowest BCUT2D eigenvalue weighted by Gasteiger charge is -2.56. The van der Waals surface area contributed by atoms with Gasteiger partial charge in [0.15, 0.2) is 11.0 Å². The van der Waals surface area contributed by atoms with Crippen molar-refractivity contribution in [1.82, 2.24) is 25.4 Å². The molecule has 4 bridgehead atoms. The van der Waals surface area contributed by atoms with E-state index in [-0.39, 0.29) is 11.6 Å². The quantitative estimate of drug-likeness (QED) is 0.393. The van der Waals surface area contributed by atoms with Crippen LogP contribution in [0.4, 0.5) is 4.79 Å². The molecule has 0 atom stereocenters. The number of benzene rings is 2. The average Bonchev–Trinajstić information content (AvgIpc) is 3.24. The van der Waals surface area contributed by atoms with Gasteiger partial charge in [-0.2, -0.15) is 0 Å². The van der Waals surface area contributed by atoms with Crippen molar-refractivity contribution in [3.63, 3.8) is 0 Å². The van der Waals surface area contributed by atoms with Crippen LogP contribution >= 0.6 is 11.8 Å². The molecule has 1 heterocycles. The maximum atomic E-state index is 13.1. The third-order valence-electron chi connectivity index (χ3n) is 8.43. The molecule has 3 aromatic rings. The van der Waals surface area contributed by atoms with Gasteiger partial charge < -0.3 is 10.6 Å². The van der Waals surface area contributed by atoms with E-state index in [1.165, 1.54) is 36.0 Å². The summed E-state index contributed by atoms with van der Waals surface area (Å²) in [4.78, 5) is 13.1. The third kappa shape index (κ3) is 4.77. The average molecular weight is 502 g/mol. The minimum absolute atomic E-state index is 0.00197. The number of aromatic nitrogens is 3. The highest BCUT2D eigenvalue weighted by Gasteiger charge is 2.51. The monoisotopic (exact) mass is 501 g/mol. The Bertz CT molecular complexity index is 1220. The summed E-state index contributed by atoms with van der Waals surface area (Å²) in [5.74, 6) is 3.96. The maximum Gasteiger partial charge on any atom is 0.315 e. The number of hydrogen-bond donors (Lipinski definition) is 2. The van der Waals surface area contributed by atoms with Crippen molar-refractivity contribution in [3.05, 3.63) is 71.0 Å². The highest BCUT2D eigenvalue weighted by Crippen LogP contribution is 2.55. The molecule has 0 spiro atoms. The molecule has 4 aliphatic rings. The Balaban J connectivity index is 1.17. The summed E-state index contributed by atoms with van der Waals surface area (Å²) in [6.07, 6.45) is 7.53. The zero-order chi connectivity index (χ0) is 24.7. The Morgan fingerprint density at radius 2 is 1.64 bits per heavy atom. The highest BCUT2D eigenvalue weighted by atomic mass is 32.2. The predicted octanol–water partition coefficient (Wildman–Crippen LogP) is 5.94. The lowest BCUT2D eigenvalue weighted by atomic mass is 9.53. The number of nitrogens with zero attached hydrogens (tertiary/aromatic N) is 3. The van der Waals surface area contributed by atoms with E-state index < -0.39 is 0 Å². The van der Waals surface area contributed by atoms with Gasteiger partial charge in [-0.3, -0.25) is 4.57 Å². The lowest BCUT2D eigenvalue weighted by Crippen LogP contribution is -2.61. The Kier molecular flexibility index (Phi) is 6.28. The van der Waals surface area contributed by atoms with E-state index in [0.717, 1.165) is 59.4 Å². The molecule has 4 fully saturated rings. The molecular weight excluding hydrogens is 466 g/mol. The van der Waals surface area contributed by atoms with Gasteiger partial charge in [-0.15, -0.1) is 10.2 Å². The summed E-state index contributed by atoms with van der Waals surface area (Å²) in [5.41, 5.74) is 4.77. The summed E-state index contributed by atoms with van der Waals surface area (Å²) in [7, 11) is 0. The standard InChI is InChI=1S/C29H35N5OS/c1-19-7-9-25(10-8-19)34-26(32-33-28(34)36-18-24-6-4-3-5-20(24)2)17-30-27(35)31-29-14-21-11-22(15-29)13-23(12-21)16-29/h3-10,21-23H,11-18H2,1-2H3,(H2,30,31,35). The summed E-state index contributed by atoms with van der Waals surface area (Å²) in [6, 6.07) is 16.7. The van der Waals surface area contributed by atoms with Crippen molar-refractivity contribution in [2.24, 2.45) is 17.8 Å². The van der Waals surface area contributed by atoms with Crippen molar-refractivity contribution in [1.29, 1.82) is 0 Å².